The van der Waals surface area contributed by atoms with E-state index in [0.29, 0.717) is 10.8 Å². The van der Waals surface area contributed by atoms with E-state index < -0.39 is 47.5 Å². The molecular weight excluding hydrogens is 350 g/mol. The summed E-state index contributed by atoms with van der Waals surface area (Å²) in [6, 6.07) is 0. The number of alkyl halides is 3. The number of amides is 1. The average molecular weight is 364 g/mol. The molecule has 2 rings (SSSR count). The molecule has 1 unspecified atom stereocenters. The van der Waals surface area contributed by atoms with Gasteiger partial charge in [-0.15, -0.1) is 0 Å². The quantitative estimate of drug-likeness (QED) is 0.603. The van der Waals surface area contributed by atoms with E-state index in [-0.39, 0.29) is 21.4 Å². The SMILES string of the molecule is CNC(=O)OC[C@@H]1O[C@H](n2cc(C(F)(F)F)c(=O)[nH]c2=O)CC1O.[B]. The number of nitrogens with one attached hydrogen (secondary N) is 2. The van der Waals surface area contributed by atoms with E-state index >= 15 is 0 Å². The molecular formula is C12H14BF3N3O6. The smallest absolute Gasteiger partial charge is 0.423 e. The Bertz CT molecular complexity index is 734. The zero-order valence-corrected chi connectivity index (χ0v) is 12.9. The Hall–Kier alpha value is -2.28. The van der Waals surface area contributed by atoms with Crippen LogP contribution in [0.25, 0.3) is 0 Å². The topological polar surface area (TPSA) is 123 Å². The van der Waals surface area contributed by atoms with Crippen LogP contribution in [-0.4, -0.2) is 55.0 Å². The van der Waals surface area contributed by atoms with Gasteiger partial charge >= 0.3 is 18.0 Å². The van der Waals surface area contributed by atoms with Gasteiger partial charge in [0.15, 0.2) is 0 Å². The summed E-state index contributed by atoms with van der Waals surface area (Å²) in [6.45, 7) is -0.360. The summed E-state index contributed by atoms with van der Waals surface area (Å²) in [5.41, 5.74) is -4.25. The number of hydrogen-bond acceptors (Lipinski definition) is 6. The predicted octanol–water partition coefficient (Wildman–Crippen LogP) is -0.821. The van der Waals surface area contributed by atoms with Crippen molar-refractivity contribution in [2.24, 2.45) is 0 Å². The number of carbonyl (C=O) groups excluding carboxylic acids is 1. The first kappa shape index (κ1) is 20.8. The van der Waals surface area contributed by atoms with Crippen LogP contribution in [0.3, 0.4) is 0 Å². The molecule has 1 aromatic heterocycles. The number of alkyl carbamates (subject to hydrolysis) is 1. The zero-order chi connectivity index (χ0) is 18.1. The van der Waals surface area contributed by atoms with E-state index in [4.69, 9.17) is 9.47 Å². The molecule has 137 valence electrons. The Morgan fingerprint density at radius 2 is 2.16 bits per heavy atom. The highest BCUT2D eigenvalue weighted by Gasteiger charge is 2.39. The highest BCUT2D eigenvalue weighted by Crippen LogP contribution is 2.30. The predicted molar refractivity (Wildman–Crippen MR) is 77.0 cm³/mol. The molecule has 25 heavy (non-hydrogen) atoms. The number of nitrogens with zero attached hydrogens (tertiary/aromatic N) is 1. The molecule has 2 heterocycles. The van der Waals surface area contributed by atoms with Gasteiger partial charge in [-0.25, -0.2) is 9.59 Å². The number of carbonyl (C=O) groups is 1. The second kappa shape index (κ2) is 7.74. The van der Waals surface area contributed by atoms with Gasteiger partial charge in [0.25, 0.3) is 5.56 Å². The number of halogens is 3. The first-order valence-corrected chi connectivity index (χ1v) is 6.74. The second-order valence-corrected chi connectivity index (χ2v) is 4.99. The van der Waals surface area contributed by atoms with Crippen LogP contribution in [0.4, 0.5) is 18.0 Å². The van der Waals surface area contributed by atoms with Gasteiger partial charge in [0.2, 0.25) is 0 Å². The molecule has 9 nitrogen and oxygen atoms in total. The fourth-order valence-corrected chi connectivity index (χ4v) is 2.17. The van der Waals surface area contributed by atoms with Gasteiger partial charge in [0.05, 0.1) is 6.10 Å². The lowest BCUT2D eigenvalue weighted by atomic mass is 10.2. The van der Waals surface area contributed by atoms with E-state index in [1.807, 2.05) is 0 Å². The fourth-order valence-electron chi connectivity index (χ4n) is 2.17. The third-order valence-corrected chi connectivity index (χ3v) is 3.37. The van der Waals surface area contributed by atoms with Crippen molar-refractivity contribution >= 4 is 14.5 Å². The molecule has 1 aliphatic heterocycles. The summed E-state index contributed by atoms with van der Waals surface area (Å²) in [6.07, 6.45) is -9.07. The van der Waals surface area contributed by atoms with Crippen molar-refractivity contribution in [2.75, 3.05) is 13.7 Å². The molecule has 1 aromatic rings. The maximum absolute atomic E-state index is 12.8. The number of ether oxygens (including phenoxy) is 2. The minimum Gasteiger partial charge on any atom is -0.447 e. The normalized spacial score (nSPS) is 23.0. The zero-order valence-electron chi connectivity index (χ0n) is 12.9. The van der Waals surface area contributed by atoms with Gasteiger partial charge < -0.3 is 19.9 Å². The van der Waals surface area contributed by atoms with Crippen LogP contribution in [0.15, 0.2) is 15.8 Å². The van der Waals surface area contributed by atoms with Crippen molar-refractivity contribution in [1.29, 1.82) is 0 Å². The largest absolute Gasteiger partial charge is 0.447 e. The summed E-state index contributed by atoms with van der Waals surface area (Å²) >= 11 is 0. The van der Waals surface area contributed by atoms with Crippen LogP contribution in [0.1, 0.15) is 18.2 Å². The van der Waals surface area contributed by atoms with Crippen LogP contribution in [0.2, 0.25) is 0 Å². The fraction of sp³-hybridized carbons (Fsp3) is 0.583. The first-order valence-electron chi connectivity index (χ1n) is 6.74. The number of aromatic amines is 1. The number of aliphatic hydroxyl groups is 1. The highest BCUT2D eigenvalue weighted by molar-refractivity contribution is 5.75. The lowest BCUT2D eigenvalue weighted by molar-refractivity contribution is -0.139. The van der Waals surface area contributed by atoms with E-state index in [1.54, 1.807) is 4.98 Å². The number of aliphatic hydroxyl groups excluding tert-OH is 1. The molecule has 0 saturated carbocycles. The van der Waals surface area contributed by atoms with Gasteiger partial charge in [-0.2, -0.15) is 13.2 Å². The lowest BCUT2D eigenvalue weighted by Crippen LogP contribution is -2.36. The number of aromatic nitrogens is 2. The molecule has 1 aliphatic rings. The maximum Gasteiger partial charge on any atom is 0.423 e. The number of hydrogen-bond donors (Lipinski definition) is 3. The Morgan fingerprint density at radius 3 is 2.72 bits per heavy atom. The van der Waals surface area contributed by atoms with Crippen LogP contribution in [0, 0.1) is 0 Å². The summed E-state index contributed by atoms with van der Waals surface area (Å²) < 4.78 is 48.8. The molecule has 3 radical (unpaired) electrons. The molecule has 0 spiro atoms. The van der Waals surface area contributed by atoms with Crippen molar-refractivity contribution in [1.82, 2.24) is 14.9 Å². The molecule has 3 atom stereocenters. The summed E-state index contributed by atoms with van der Waals surface area (Å²) in [5, 5.41) is 12.0. The minimum atomic E-state index is -4.96. The van der Waals surface area contributed by atoms with Crippen LogP contribution >= 0.6 is 0 Å². The third-order valence-electron chi connectivity index (χ3n) is 3.37. The highest BCUT2D eigenvalue weighted by atomic mass is 19.4. The number of H-pyrrole nitrogens is 1. The van der Waals surface area contributed by atoms with E-state index in [1.165, 1.54) is 7.05 Å². The van der Waals surface area contributed by atoms with Crippen LogP contribution < -0.4 is 16.6 Å². The molecule has 0 aromatic carbocycles. The summed E-state index contributed by atoms with van der Waals surface area (Å²) in [5.74, 6) is 0. The molecule has 1 fully saturated rings. The Labute approximate surface area is 140 Å². The van der Waals surface area contributed by atoms with Crippen molar-refractivity contribution in [3.63, 3.8) is 0 Å². The Kier molecular flexibility index (Phi) is 6.43. The van der Waals surface area contributed by atoms with E-state index in [0.717, 1.165) is 0 Å². The number of rotatable bonds is 3. The standard InChI is InChI=1S/C12H14F3N3O6.B/c1-16-11(22)23-4-7-6(19)2-8(24-7)18-3-5(12(13,14)15)9(20)17-10(18)21;/h3,6-8,19H,2,4H2,1H3,(H,16,22)(H,17,20,21);/t6?,7-,8-;/m0./s1. The lowest BCUT2D eigenvalue weighted by Gasteiger charge is -2.17. The van der Waals surface area contributed by atoms with E-state index in [9.17, 15) is 32.7 Å². The van der Waals surface area contributed by atoms with Crippen molar-refractivity contribution < 1.29 is 32.5 Å². The Morgan fingerprint density at radius 1 is 1.52 bits per heavy atom. The third kappa shape index (κ3) is 4.63. The molecule has 1 amide bonds. The van der Waals surface area contributed by atoms with Gasteiger partial charge in [-0.3, -0.25) is 14.3 Å². The van der Waals surface area contributed by atoms with Crippen molar-refractivity contribution in [3.05, 3.63) is 32.6 Å². The van der Waals surface area contributed by atoms with Crippen LogP contribution in [-0.2, 0) is 15.7 Å². The van der Waals surface area contributed by atoms with Crippen molar-refractivity contribution in [2.45, 2.75) is 31.0 Å². The van der Waals surface area contributed by atoms with Gasteiger partial charge in [-0.1, -0.05) is 0 Å². The van der Waals surface area contributed by atoms with Gasteiger partial charge in [0, 0.05) is 28.1 Å². The Balaban J connectivity index is 0.00000312. The van der Waals surface area contributed by atoms with E-state index in [2.05, 4.69) is 5.32 Å². The van der Waals surface area contributed by atoms with Gasteiger partial charge in [0.1, 0.15) is 24.5 Å². The average Bonchev–Trinajstić information content (AvgIpc) is 2.84. The van der Waals surface area contributed by atoms with Gasteiger partial charge in [-0.05, 0) is 0 Å². The minimum absolute atomic E-state index is 0. The molecule has 0 aliphatic carbocycles. The summed E-state index contributed by atoms with van der Waals surface area (Å²) in [7, 11) is 1.32. The maximum atomic E-state index is 12.8. The molecule has 3 N–H and O–H groups in total. The molecule has 13 heteroatoms. The second-order valence-electron chi connectivity index (χ2n) is 4.99. The monoisotopic (exact) mass is 364 g/mol. The molecule has 1 saturated heterocycles. The summed E-state index contributed by atoms with van der Waals surface area (Å²) in [4.78, 5) is 35.5. The van der Waals surface area contributed by atoms with Crippen molar-refractivity contribution in [3.8, 4) is 0 Å². The van der Waals surface area contributed by atoms with Crippen LogP contribution in [0.5, 0.6) is 0 Å². The molecule has 0 bridgehead atoms. The first-order chi connectivity index (χ1) is 11.1.